The van der Waals surface area contributed by atoms with Crippen LogP contribution in [0.25, 0.3) is 11.5 Å². The van der Waals surface area contributed by atoms with Gasteiger partial charge >= 0.3 is 6.03 Å². The van der Waals surface area contributed by atoms with Crippen LogP contribution in [0.5, 0.6) is 0 Å². The van der Waals surface area contributed by atoms with Crippen molar-refractivity contribution in [2.45, 2.75) is 13.8 Å². The number of aromatic nitrogens is 2. The van der Waals surface area contributed by atoms with Gasteiger partial charge in [0, 0.05) is 38.3 Å². The summed E-state index contributed by atoms with van der Waals surface area (Å²) in [6.45, 7) is 5.15. The van der Waals surface area contributed by atoms with E-state index in [9.17, 15) is 4.79 Å². The van der Waals surface area contributed by atoms with Gasteiger partial charge in [-0.05, 0) is 38.7 Å². The lowest BCUT2D eigenvalue weighted by Crippen LogP contribution is -2.36. The number of amides is 2. The molecule has 0 bridgehead atoms. The molecule has 2 rings (SSSR count). The second kappa shape index (κ2) is 7.23. The normalized spacial score (nSPS) is 10.9. The topological polar surface area (TPSA) is 74.5 Å². The van der Waals surface area contributed by atoms with Crippen molar-refractivity contribution >= 4 is 11.7 Å². The SMILES string of the molecule is Cc1nnc(-c2ccc(C)c(NC(=O)N(C)CCN(C)C)c2)o1. The second-order valence-electron chi connectivity index (χ2n) is 5.81. The fraction of sp³-hybridized carbons (Fsp3) is 0.438. The van der Waals surface area contributed by atoms with Crippen molar-refractivity contribution in [1.82, 2.24) is 20.0 Å². The van der Waals surface area contributed by atoms with Crippen LogP contribution < -0.4 is 5.32 Å². The number of carbonyl (C=O) groups excluding carboxylic acids is 1. The lowest BCUT2D eigenvalue weighted by atomic mass is 10.1. The molecule has 23 heavy (non-hydrogen) atoms. The van der Waals surface area contributed by atoms with Gasteiger partial charge in [0.2, 0.25) is 11.8 Å². The molecule has 0 aliphatic rings. The summed E-state index contributed by atoms with van der Waals surface area (Å²) in [5.74, 6) is 0.952. The molecular weight excluding hydrogens is 294 g/mol. The maximum Gasteiger partial charge on any atom is 0.321 e. The molecule has 124 valence electrons. The Hall–Kier alpha value is -2.41. The van der Waals surface area contributed by atoms with Gasteiger partial charge in [0.05, 0.1) is 0 Å². The summed E-state index contributed by atoms with van der Waals surface area (Å²) in [5, 5.41) is 10.8. The van der Waals surface area contributed by atoms with Crippen LogP contribution in [0.3, 0.4) is 0 Å². The van der Waals surface area contributed by atoms with Crippen LogP contribution in [0.4, 0.5) is 10.5 Å². The number of anilines is 1. The number of nitrogens with one attached hydrogen (secondary N) is 1. The first kappa shape index (κ1) is 17.0. The highest BCUT2D eigenvalue weighted by molar-refractivity contribution is 5.90. The molecule has 2 amide bonds. The first-order valence-electron chi connectivity index (χ1n) is 7.45. The zero-order valence-electron chi connectivity index (χ0n) is 14.3. The summed E-state index contributed by atoms with van der Waals surface area (Å²) < 4.78 is 5.43. The fourth-order valence-electron chi connectivity index (χ4n) is 1.97. The van der Waals surface area contributed by atoms with E-state index in [1.165, 1.54) is 0 Å². The average Bonchev–Trinajstić information content (AvgIpc) is 2.93. The molecule has 1 aromatic carbocycles. The van der Waals surface area contributed by atoms with Crippen molar-refractivity contribution in [2.75, 3.05) is 39.5 Å². The number of hydrogen-bond donors (Lipinski definition) is 1. The van der Waals surface area contributed by atoms with Crippen LogP contribution in [0.15, 0.2) is 22.6 Å². The van der Waals surface area contributed by atoms with E-state index in [0.717, 1.165) is 23.4 Å². The Kier molecular flexibility index (Phi) is 5.33. The van der Waals surface area contributed by atoms with Crippen molar-refractivity contribution in [3.63, 3.8) is 0 Å². The van der Waals surface area contributed by atoms with Crippen LogP contribution in [0.1, 0.15) is 11.5 Å². The Morgan fingerprint density at radius 1 is 1.17 bits per heavy atom. The molecule has 0 unspecified atom stereocenters. The first-order chi connectivity index (χ1) is 10.9. The minimum Gasteiger partial charge on any atom is -0.421 e. The third-order valence-corrected chi connectivity index (χ3v) is 3.48. The minimum atomic E-state index is -0.145. The van der Waals surface area contributed by atoms with Crippen molar-refractivity contribution in [2.24, 2.45) is 0 Å². The Balaban J connectivity index is 2.11. The van der Waals surface area contributed by atoms with Crippen molar-refractivity contribution in [1.29, 1.82) is 0 Å². The van der Waals surface area contributed by atoms with Crippen molar-refractivity contribution in [3.05, 3.63) is 29.7 Å². The highest BCUT2D eigenvalue weighted by Gasteiger charge is 2.13. The molecule has 1 N–H and O–H groups in total. The average molecular weight is 317 g/mol. The van der Waals surface area contributed by atoms with E-state index in [1.807, 2.05) is 44.1 Å². The summed E-state index contributed by atoms with van der Waals surface area (Å²) in [5.41, 5.74) is 2.49. The number of aryl methyl sites for hydroxylation is 2. The molecule has 0 aliphatic carbocycles. The number of rotatable bonds is 5. The number of likely N-dealkylation sites (N-methyl/N-ethyl adjacent to an activating group) is 2. The Morgan fingerprint density at radius 2 is 1.91 bits per heavy atom. The van der Waals surface area contributed by atoms with Gasteiger partial charge in [-0.25, -0.2) is 4.79 Å². The molecule has 0 aliphatic heterocycles. The third-order valence-electron chi connectivity index (χ3n) is 3.48. The zero-order valence-corrected chi connectivity index (χ0v) is 14.3. The third kappa shape index (κ3) is 4.53. The van der Waals surface area contributed by atoms with Gasteiger partial charge < -0.3 is 19.5 Å². The maximum absolute atomic E-state index is 12.3. The van der Waals surface area contributed by atoms with Crippen molar-refractivity contribution in [3.8, 4) is 11.5 Å². The molecule has 0 radical (unpaired) electrons. The lowest BCUT2D eigenvalue weighted by molar-refractivity contribution is 0.217. The van der Waals surface area contributed by atoms with Crippen molar-refractivity contribution < 1.29 is 9.21 Å². The molecule has 0 atom stereocenters. The summed E-state index contributed by atoms with van der Waals surface area (Å²) in [4.78, 5) is 16.0. The highest BCUT2D eigenvalue weighted by Crippen LogP contribution is 2.24. The van der Waals surface area contributed by atoms with Crippen LogP contribution in [0.2, 0.25) is 0 Å². The summed E-state index contributed by atoms with van der Waals surface area (Å²) in [6, 6.07) is 5.52. The van der Waals surface area contributed by atoms with Gasteiger partial charge in [-0.2, -0.15) is 0 Å². The monoisotopic (exact) mass is 317 g/mol. The summed E-state index contributed by atoms with van der Waals surface area (Å²) in [6.07, 6.45) is 0. The Labute approximate surface area is 136 Å². The standard InChI is InChI=1S/C16H23N5O2/c1-11-6-7-13(15-19-18-12(2)23-15)10-14(11)17-16(22)21(5)9-8-20(3)4/h6-7,10H,8-9H2,1-5H3,(H,17,22). The Bertz CT molecular complexity index is 681. The molecule has 0 saturated heterocycles. The van der Waals surface area contributed by atoms with Gasteiger partial charge in [-0.3, -0.25) is 0 Å². The molecule has 1 aromatic heterocycles. The molecule has 1 heterocycles. The Morgan fingerprint density at radius 3 is 2.52 bits per heavy atom. The van der Waals surface area contributed by atoms with E-state index >= 15 is 0 Å². The quantitative estimate of drug-likeness (QED) is 0.916. The highest BCUT2D eigenvalue weighted by atomic mass is 16.4. The smallest absolute Gasteiger partial charge is 0.321 e. The number of carbonyl (C=O) groups is 1. The first-order valence-corrected chi connectivity index (χ1v) is 7.45. The zero-order chi connectivity index (χ0) is 17.0. The minimum absolute atomic E-state index is 0.145. The molecular formula is C16H23N5O2. The number of benzene rings is 1. The molecule has 0 spiro atoms. The summed E-state index contributed by atoms with van der Waals surface area (Å²) >= 11 is 0. The number of hydrogen-bond acceptors (Lipinski definition) is 5. The van der Waals surface area contributed by atoms with Gasteiger partial charge in [0.15, 0.2) is 0 Å². The molecule has 0 fully saturated rings. The number of nitrogens with zero attached hydrogens (tertiary/aromatic N) is 4. The largest absolute Gasteiger partial charge is 0.421 e. The van der Waals surface area contributed by atoms with E-state index in [4.69, 9.17) is 4.42 Å². The molecule has 0 saturated carbocycles. The van der Waals surface area contributed by atoms with Gasteiger partial charge in [-0.1, -0.05) is 6.07 Å². The van der Waals surface area contributed by atoms with E-state index in [0.29, 0.717) is 18.3 Å². The molecule has 2 aromatic rings. The van der Waals surface area contributed by atoms with E-state index < -0.39 is 0 Å². The second-order valence-corrected chi connectivity index (χ2v) is 5.81. The predicted molar refractivity (Wildman–Crippen MR) is 89.4 cm³/mol. The van der Waals surface area contributed by atoms with Gasteiger partial charge in [-0.15, -0.1) is 10.2 Å². The van der Waals surface area contributed by atoms with E-state index in [2.05, 4.69) is 15.5 Å². The van der Waals surface area contributed by atoms with Gasteiger partial charge in [0.1, 0.15) is 0 Å². The van der Waals surface area contributed by atoms with Crippen LogP contribution in [-0.4, -0.2) is 60.3 Å². The fourth-order valence-corrected chi connectivity index (χ4v) is 1.97. The van der Waals surface area contributed by atoms with Gasteiger partial charge in [0.25, 0.3) is 0 Å². The lowest BCUT2D eigenvalue weighted by Gasteiger charge is -2.21. The molecule has 7 heteroatoms. The maximum atomic E-state index is 12.3. The van der Waals surface area contributed by atoms with Crippen LogP contribution in [-0.2, 0) is 0 Å². The molecule has 7 nitrogen and oxygen atoms in total. The van der Waals surface area contributed by atoms with E-state index in [-0.39, 0.29) is 6.03 Å². The van der Waals surface area contributed by atoms with Crippen LogP contribution >= 0.6 is 0 Å². The summed E-state index contributed by atoms with van der Waals surface area (Å²) in [7, 11) is 5.73. The van der Waals surface area contributed by atoms with E-state index in [1.54, 1.807) is 18.9 Å². The number of urea groups is 1. The van der Waals surface area contributed by atoms with Crippen LogP contribution in [0, 0.1) is 13.8 Å². The predicted octanol–water partition coefficient (Wildman–Crippen LogP) is 2.38.